The summed E-state index contributed by atoms with van der Waals surface area (Å²) < 4.78 is 6.09. The lowest BCUT2D eigenvalue weighted by atomic mass is 10.2. The summed E-state index contributed by atoms with van der Waals surface area (Å²) in [5.41, 5.74) is 1.76. The number of carbonyl (C=O) groups is 1. The highest BCUT2D eigenvalue weighted by Gasteiger charge is 2.04. The molecular formula is C19H24BrIN4O2. The van der Waals surface area contributed by atoms with Crippen molar-refractivity contribution in [3.63, 3.8) is 0 Å². The lowest BCUT2D eigenvalue weighted by molar-refractivity contribution is 0.0954. The van der Waals surface area contributed by atoms with Crippen molar-refractivity contribution in [1.29, 1.82) is 0 Å². The van der Waals surface area contributed by atoms with Crippen molar-refractivity contribution >= 4 is 51.8 Å². The average molecular weight is 547 g/mol. The molecule has 0 unspecified atom stereocenters. The third-order valence-corrected chi connectivity index (χ3v) is 4.18. The summed E-state index contributed by atoms with van der Waals surface area (Å²) in [6.07, 6.45) is 0. The second kappa shape index (κ2) is 12.6. The number of carbonyl (C=O) groups excluding carboxylic acids is 1. The molecule has 0 saturated carbocycles. The molecule has 0 atom stereocenters. The minimum atomic E-state index is -0.0968. The van der Waals surface area contributed by atoms with Crippen LogP contribution >= 0.6 is 39.9 Å². The van der Waals surface area contributed by atoms with Crippen molar-refractivity contribution in [3.05, 3.63) is 64.1 Å². The maximum atomic E-state index is 12.0. The number of methoxy groups -OCH3 is 1. The molecular weight excluding hydrogens is 523 g/mol. The van der Waals surface area contributed by atoms with E-state index in [2.05, 4.69) is 36.9 Å². The van der Waals surface area contributed by atoms with Crippen LogP contribution in [0.5, 0.6) is 5.75 Å². The van der Waals surface area contributed by atoms with E-state index in [9.17, 15) is 4.79 Å². The molecule has 0 aromatic heterocycles. The molecule has 8 heteroatoms. The summed E-state index contributed by atoms with van der Waals surface area (Å²) in [5.74, 6) is 1.41. The molecule has 2 aromatic carbocycles. The van der Waals surface area contributed by atoms with Crippen LogP contribution in [0.2, 0.25) is 0 Å². The molecule has 1 amide bonds. The summed E-state index contributed by atoms with van der Waals surface area (Å²) in [5, 5.41) is 9.27. The molecule has 0 aliphatic heterocycles. The zero-order chi connectivity index (χ0) is 18.8. The fraction of sp³-hybridized carbons (Fsp3) is 0.263. The van der Waals surface area contributed by atoms with Gasteiger partial charge in [-0.05, 0) is 42.0 Å². The van der Waals surface area contributed by atoms with Crippen LogP contribution in [0.15, 0.2) is 58.0 Å². The first-order valence-corrected chi connectivity index (χ1v) is 9.03. The van der Waals surface area contributed by atoms with Gasteiger partial charge in [0.05, 0.1) is 7.11 Å². The van der Waals surface area contributed by atoms with Crippen LogP contribution in [0.3, 0.4) is 0 Å². The van der Waals surface area contributed by atoms with Crippen molar-refractivity contribution in [1.82, 2.24) is 16.0 Å². The van der Waals surface area contributed by atoms with E-state index in [0.717, 1.165) is 15.8 Å². The van der Waals surface area contributed by atoms with Gasteiger partial charge in [0.15, 0.2) is 5.96 Å². The van der Waals surface area contributed by atoms with Gasteiger partial charge in [0, 0.05) is 36.7 Å². The van der Waals surface area contributed by atoms with Crippen LogP contribution in [0.25, 0.3) is 0 Å². The Balaban J connectivity index is 0.00000364. The van der Waals surface area contributed by atoms with E-state index in [1.165, 1.54) is 0 Å². The van der Waals surface area contributed by atoms with Gasteiger partial charge in [0.25, 0.3) is 5.91 Å². The van der Waals surface area contributed by atoms with Gasteiger partial charge < -0.3 is 20.7 Å². The summed E-state index contributed by atoms with van der Waals surface area (Å²) in [7, 11) is 3.36. The van der Waals surface area contributed by atoms with E-state index in [1.54, 1.807) is 26.3 Å². The van der Waals surface area contributed by atoms with Gasteiger partial charge in [-0.1, -0.05) is 28.1 Å². The molecule has 0 bridgehead atoms. The molecule has 0 radical (unpaired) electrons. The van der Waals surface area contributed by atoms with Gasteiger partial charge in [-0.15, -0.1) is 24.0 Å². The van der Waals surface area contributed by atoms with Crippen LogP contribution in [0.1, 0.15) is 15.9 Å². The van der Waals surface area contributed by atoms with Gasteiger partial charge in [0.2, 0.25) is 0 Å². The van der Waals surface area contributed by atoms with E-state index < -0.39 is 0 Å². The molecule has 0 fully saturated rings. The van der Waals surface area contributed by atoms with Crippen molar-refractivity contribution in [2.45, 2.75) is 6.54 Å². The Kier molecular flexibility index (Phi) is 10.8. The number of nitrogens with one attached hydrogen (secondary N) is 3. The smallest absolute Gasteiger partial charge is 0.251 e. The van der Waals surface area contributed by atoms with E-state index >= 15 is 0 Å². The quantitative estimate of drug-likeness (QED) is 0.216. The number of ether oxygens (including phenoxy) is 1. The van der Waals surface area contributed by atoms with Gasteiger partial charge in [0.1, 0.15) is 5.75 Å². The molecule has 0 heterocycles. The van der Waals surface area contributed by atoms with Crippen molar-refractivity contribution < 1.29 is 9.53 Å². The summed E-state index contributed by atoms with van der Waals surface area (Å²) in [4.78, 5) is 16.2. The minimum Gasteiger partial charge on any atom is -0.497 e. The first-order chi connectivity index (χ1) is 12.6. The Labute approximate surface area is 185 Å². The van der Waals surface area contributed by atoms with E-state index in [0.29, 0.717) is 31.2 Å². The zero-order valence-corrected chi connectivity index (χ0v) is 19.2. The first kappa shape index (κ1) is 23.2. The number of aliphatic imine (C=N–C) groups is 1. The lowest BCUT2D eigenvalue weighted by Gasteiger charge is -2.12. The second-order valence-corrected chi connectivity index (χ2v) is 6.38. The average Bonchev–Trinajstić information content (AvgIpc) is 2.68. The lowest BCUT2D eigenvalue weighted by Crippen LogP contribution is -2.41. The zero-order valence-electron chi connectivity index (χ0n) is 15.3. The van der Waals surface area contributed by atoms with Crippen LogP contribution in [-0.2, 0) is 6.54 Å². The fourth-order valence-electron chi connectivity index (χ4n) is 2.21. The molecule has 0 saturated heterocycles. The summed E-state index contributed by atoms with van der Waals surface area (Å²) in [6, 6.07) is 15.1. The third kappa shape index (κ3) is 8.17. The number of rotatable bonds is 7. The highest BCUT2D eigenvalue weighted by Crippen LogP contribution is 2.11. The van der Waals surface area contributed by atoms with Crippen LogP contribution in [0.4, 0.5) is 0 Å². The maximum Gasteiger partial charge on any atom is 0.251 e. The Morgan fingerprint density at radius 2 is 1.63 bits per heavy atom. The Bertz CT molecular complexity index is 736. The number of hydrogen-bond donors (Lipinski definition) is 3. The van der Waals surface area contributed by atoms with Crippen LogP contribution in [-0.4, -0.2) is 39.1 Å². The third-order valence-electron chi connectivity index (χ3n) is 3.65. The standard InChI is InChI=1S/C19H23BrN4O2.HI/c1-21-19(24-13-14-3-9-17(26-2)10-4-14)23-12-11-22-18(25)15-5-7-16(20)8-6-15;/h3-10H,11-13H2,1-2H3,(H,22,25)(H2,21,23,24);1H. The summed E-state index contributed by atoms with van der Waals surface area (Å²) >= 11 is 3.35. The molecule has 3 N–H and O–H groups in total. The van der Waals surface area contributed by atoms with Gasteiger partial charge in [-0.2, -0.15) is 0 Å². The maximum absolute atomic E-state index is 12.0. The number of halogens is 2. The Morgan fingerprint density at radius 3 is 2.22 bits per heavy atom. The first-order valence-electron chi connectivity index (χ1n) is 8.23. The predicted octanol–water partition coefficient (Wildman–Crippen LogP) is 3.17. The minimum absolute atomic E-state index is 0. The molecule has 0 aliphatic carbocycles. The number of amides is 1. The van der Waals surface area contributed by atoms with E-state index in [1.807, 2.05) is 36.4 Å². The fourth-order valence-corrected chi connectivity index (χ4v) is 2.47. The largest absolute Gasteiger partial charge is 0.497 e. The molecule has 0 aliphatic rings. The highest BCUT2D eigenvalue weighted by molar-refractivity contribution is 14.0. The summed E-state index contributed by atoms with van der Waals surface area (Å²) in [6.45, 7) is 1.72. The molecule has 2 aromatic rings. The topological polar surface area (TPSA) is 74.8 Å². The Morgan fingerprint density at radius 1 is 1.00 bits per heavy atom. The van der Waals surface area contributed by atoms with Crippen LogP contribution in [0, 0.1) is 0 Å². The molecule has 2 rings (SSSR count). The van der Waals surface area contributed by atoms with Gasteiger partial charge in [-0.25, -0.2) is 0 Å². The highest BCUT2D eigenvalue weighted by atomic mass is 127. The number of nitrogens with zero attached hydrogens (tertiary/aromatic N) is 1. The second-order valence-electron chi connectivity index (χ2n) is 5.46. The van der Waals surface area contributed by atoms with Crippen molar-refractivity contribution in [3.8, 4) is 5.75 Å². The van der Waals surface area contributed by atoms with E-state index in [-0.39, 0.29) is 29.9 Å². The number of guanidine groups is 1. The Hall–Kier alpha value is -1.81. The molecule has 27 heavy (non-hydrogen) atoms. The van der Waals surface area contributed by atoms with Crippen LogP contribution < -0.4 is 20.7 Å². The molecule has 6 nitrogen and oxygen atoms in total. The van der Waals surface area contributed by atoms with Gasteiger partial charge in [-0.3, -0.25) is 9.79 Å². The number of hydrogen-bond acceptors (Lipinski definition) is 3. The molecule has 146 valence electrons. The van der Waals surface area contributed by atoms with Gasteiger partial charge >= 0.3 is 0 Å². The van der Waals surface area contributed by atoms with Crippen molar-refractivity contribution in [2.24, 2.45) is 4.99 Å². The van der Waals surface area contributed by atoms with Crippen molar-refractivity contribution in [2.75, 3.05) is 27.2 Å². The predicted molar refractivity (Wildman–Crippen MR) is 123 cm³/mol. The monoisotopic (exact) mass is 546 g/mol. The normalized spacial score (nSPS) is 10.6. The molecule has 0 spiro atoms. The number of benzene rings is 2. The SMILES string of the molecule is CN=C(NCCNC(=O)c1ccc(Br)cc1)NCc1ccc(OC)cc1.I. The van der Waals surface area contributed by atoms with E-state index in [4.69, 9.17) is 4.74 Å².